The lowest BCUT2D eigenvalue weighted by atomic mass is 9.76. The summed E-state index contributed by atoms with van der Waals surface area (Å²) in [5.41, 5.74) is 4.08. The maximum absolute atomic E-state index is 12.3. The molecule has 0 aliphatic heterocycles. The lowest BCUT2D eigenvalue weighted by Crippen LogP contribution is -2.33. The molecule has 5 aromatic carbocycles. The first-order chi connectivity index (χ1) is 18.0. The number of hydrogen-bond acceptors (Lipinski definition) is 2. The zero-order valence-corrected chi connectivity index (χ0v) is 21.1. The van der Waals surface area contributed by atoms with Crippen LogP contribution in [-0.2, 0) is 24.0 Å². The Balaban J connectivity index is 1.63. The largest absolute Gasteiger partial charge is 0.380 e. The van der Waals surface area contributed by atoms with E-state index in [0.717, 1.165) is 38.9 Å². The fraction of sp³-hybridized carbons (Fsp3) is 0.143. The van der Waals surface area contributed by atoms with Crippen molar-refractivity contribution in [2.75, 3.05) is 0 Å². The van der Waals surface area contributed by atoms with Crippen molar-refractivity contribution in [1.82, 2.24) is 0 Å². The van der Waals surface area contributed by atoms with Gasteiger partial charge in [0.05, 0.1) is 0 Å². The van der Waals surface area contributed by atoms with E-state index in [4.69, 9.17) is 0 Å². The Labute approximate surface area is 219 Å². The molecule has 0 unspecified atom stereocenters. The molecule has 2 N–H and O–H groups in total. The summed E-state index contributed by atoms with van der Waals surface area (Å²) in [4.78, 5) is 0. The van der Waals surface area contributed by atoms with Gasteiger partial charge < -0.3 is 10.2 Å². The topological polar surface area (TPSA) is 40.5 Å². The van der Waals surface area contributed by atoms with Crippen molar-refractivity contribution in [2.24, 2.45) is 0 Å². The third-order valence-electron chi connectivity index (χ3n) is 7.39. The van der Waals surface area contributed by atoms with E-state index >= 15 is 0 Å². The van der Waals surface area contributed by atoms with Crippen LogP contribution in [0.15, 0.2) is 140 Å². The van der Waals surface area contributed by atoms with Gasteiger partial charge in [0.25, 0.3) is 0 Å². The average Bonchev–Trinajstić information content (AvgIpc) is 2.96. The molecular formula is C35H32O2. The highest BCUT2D eigenvalue weighted by atomic mass is 16.3. The number of aryl methyl sites for hydroxylation is 1. The summed E-state index contributed by atoms with van der Waals surface area (Å²) in [5, 5.41) is 24.6. The van der Waals surface area contributed by atoms with Crippen molar-refractivity contribution in [2.45, 2.75) is 31.0 Å². The first kappa shape index (κ1) is 24.7. The molecule has 5 rings (SSSR count). The van der Waals surface area contributed by atoms with Crippen LogP contribution in [0.3, 0.4) is 0 Å². The molecule has 0 atom stereocenters. The van der Waals surface area contributed by atoms with Gasteiger partial charge in [-0.25, -0.2) is 0 Å². The van der Waals surface area contributed by atoms with Crippen molar-refractivity contribution in [3.8, 4) is 0 Å². The molecule has 37 heavy (non-hydrogen) atoms. The van der Waals surface area contributed by atoms with Gasteiger partial charge in [0.15, 0.2) is 0 Å². The number of rotatable bonds is 8. The van der Waals surface area contributed by atoms with E-state index in [-0.39, 0.29) is 0 Å². The smallest absolute Gasteiger partial charge is 0.119 e. The molecule has 0 saturated carbocycles. The second kappa shape index (κ2) is 10.6. The van der Waals surface area contributed by atoms with E-state index < -0.39 is 11.2 Å². The summed E-state index contributed by atoms with van der Waals surface area (Å²) in [6, 6.07) is 45.6. The van der Waals surface area contributed by atoms with Gasteiger partial charge in [-0.05, 0) is 45.9 Å². The van der Waals surface area contributed by atoms with Gasteiger partial charge in [0, 0.05) is 12.8 Å². The molecule has 0 aliphatic carbocycles. The predicted octanol–water partition coefficient (Wildman–Crippen LogP) is 6.95. The van der Waals surface area contributed by atoms with Crippen LogP contribution in [-0.4, -0.2) is 10.2 Å². The third-order valence-corrected chi connectivity index (χ3v) is 7.39. The second-order valence-corrected chi connectivity index (χ2v) is 9.75. The van der Waals surface area contributed by atoms with Crippen molar-refractivity contribution in [3.05, 3.63) is 178 Å². The number of aliphatic hydroxyl groups is 2. The van der Waals surface area contributed by atoms with Crippen LogP contribution < -0.4 is 0 Å². The van der Waals surface area contributed by atoms with Crippen LogP contribution in [0.2, 0.25) is 0 Å². The Morgan fingerprint density at radius 2 is 0.784 bits per heavy atom. The summed E-state index contributed by atoms with van der Waals surface area (Å²) in [6.07, 6.45) is 0.778. The van der Waals surface area contributed by atoms with E-state index in [1.54, 1.807) is 0 Å². The van der Waals surface area contributed by atoms with Gasteiger partial charge in [-0.3, -0.25) is 0 Å². The van der Waals surface area contributed by atoms with Crippen molar-refractivity contribution in [1.29, 1.82) is 0 Å². The molecule has 0 aliphatic rings. The van der Waals surface area contributed by atoms with Gasteiger partial charge in [-0.2, -0.15) is 0 Å². The number of benzene rings is 5. The second-order valence-electron chi connectivity index (χ2n) is 9.75. The monoisotopic (exact) mass is 484 g/mol. The standard InChI is InChI=1S/C35H32O2/c1-27-15-14-16-28(25-34(36,29-17-6-2-7-18-29)30-19-8-3-9-20-30)33(27)26-35(37,31-21-10-4-11-22-31)32-23-12-5-13-24-32/h2-24,36-37H,25-26H2,1H3. The molecule has 0 bridgehead atoms. The van der Waals surface area contributed by atoms with Crippen LogP contribution in [0, 0.1) is 6.92 Å². The Morgan fingerprint density at radius 3 is 1.16 bits per heavy atom. The van der Waals surface area contributed by atoms with Crippen LogP contribution in [0.25, 0.3) is 0 Å². The lowest BCUT2D eigenvalue weighted by molar-refractivity contribution is 0.0746. The lowest BCUT2D eigenvalue weighted by Gasteiger charge is -2.34. The fourth-order valence-corrected chi connectivity index (χ4v) is 5.31. The van der Waals surface area contributed by atoms with E-state index in [1.165, 1.54) is 0 Å². The van der Waals surface area contributed by atoms with Crippen molar-refractivity contribution >= 4 is 0 Å². The molecule has 184 valence electrons. The fourth-order valence-electron chi connectivity index (χ4n) is 5.31. The van der Waals surface area contributed by atoms with E-state index in [1.807, 2.05) is 127 Å². The van der Waals surface area contributed by atoms with Gasteiger partial charge in [-0.1, -0.05) is 140 Å². The van der Waals surface area contributed by atoms with Crippen LogP contribution in [0.1, 0.15) is 38.9 Å². The first-order valence-corrected chi connectivity index (χ1v) is 12.7. The molecule has 0 fully saturated rings. The van der Waals surface area contributed by atoms with Crippen LogP contribution >= 0.6 is 0 Å². The summed E-state index contributed by atoms with van der Waals surface area (Å²) < 4.78 is 0. The first-order valence-electron chi connectivity index (χ1n) is 12.7. The van der Waals surface area contributed by atoms with Gasteiger partial charge in [0.1, 0.15) is 11.2 Å². The highest BCUT2D eigenvalue weighted by molar-refractivity contribution is 5.46. The van der Waals surface area contributed by atoms with Crippen LogP contribution in [0.5, 0.6) is 0 Å². The minimum atomic E-state index is -1.22. The molecule has 0 amide bonds. The molecule has 0 spiro atoms. The Kier molecular flexibility index (Phi) is 7.05. The Morgan fingerprint density at radius 1 is 0.432 bits per heavy atom. The summed E-state index contributed by atoms with van der Waals surface area (Å²) >= 11 is 0. The molecule has 0 aromatic heterocycles. The van der Waals surface area contributed by atoms with E-state index in [2.05, 4.69) is 19.1 Å². The molecule has 5 aromatic rings. The molecule has 0 heterocycles. The van der Waals surface area contributed by atoms with Crippen LogP contribution in [0.4, 0.5) is 0 Å². The minimum Gasteiger partial charge on any atom is -0.380 e. The highest BCUT2D eigenvalue weighted by Gasteiger charge is 2.36. The molecule has 2 heteroatoms. The Bertz CT molecular complexity index is 1350. The normalized spacial score (nSPS) is 11.9. The quantitative estimate of drug-likeness (QED) is 0.250. The average molecular weight is 485 g/mol. The van der Waals surface area contributed by atoms with E-state index in [0.29, 0.717) is 12.8 Å². The molecule has 2 nitrogen and oxygen atoms in total. The third kappa shape index (κ3) is 4.99. The zero-order chi connectivity index (χ0) is 25.7. The minimum absolute atomic E-state index is 0.387. The van der Waals surface area contributed by atoms with Crippen molar-refractivity contribution < 1.29 is 10.2 Å². The summed E-state index contributed by atoms with van der Waals surface area (Å²) in [5.74, 6) is 0. The summed E-state index contributed by atoms with van der Waals surface area (Å²) in [7, 11) is 0. The highest BCUT2D eigenvalue weighted by Crippen LogP contribution is 2.38. The van der Waals surface area contributed by atoms with Gasteiger partial charge in [0.2, 0.25) is 0 Å². The van der Waals surface area contributed by atoms with Gasteiger partial charge >= 0.3 is 0 Å². The molecule has 0 radical (unpaired) electrons. The predicted molar refractivity (Wildman–Crippen MR) is 150 cm³/mol. The maximum atomic E-state index is 12.3. The van der Waals surface area contributed by atoms with Crippen molar-refractivity contribution in [3.63, 3.8) is 0 Å². The number of hydrogen-bond donors (Lipinski definition) is 2. The SMILES string of the molecule is Cc1cccc(CC(O)(c2ccccc2)c2ccccc2)c1CC(O)(c1ccccc1)c1ccccc1. The van der Waals surface area contributed by atoms with Gasteiger partial charge in [-0.15, -0.1) is 0 Å². The van der Waals surface area contributed by atoms with E-state index in [9.17, 15) is 10.2 Å². The summed E-state index contributed by atoms with van der Waals surface area (Å²) in [6.45, 7) is 2.08. The maximum Gasteiger partial charge on any atom is 0.119 e. The molecular weight excluding hydrogens is 452 g/mol. The zero-order valence-electron chi connectivity index (χ0n) is 21.1. The molecule has 0 saturated heterocycles. The Hall–Kier alpha value is -3.98.